The van der Waals surface area contributed by atoms with Gasteiger partial charge in [-0.05, 0) is 47.9 Å². The van der Waals surface area contributed by atoms with Crippen molar-refractivity contribution in [2.24, 2.45) is 5.10 Å². The van der Waals surface area contributed by atoms with Gasteiger partial charge in [-0.25, -0.2) is 0 Å². The number of ether oxygens (including phenoxy) is 2. The van der Waals surface area contributed by atoms with E-state index >= 15 is 0 Å². The van der Waals surface area contributed by atoms with Crippen molar-refractivity contribution in [1.82, 2.24) is 0 Å². The zero-order chi connectivity index (χ0) is 18.1. The first-order valence-corrected chi connectivity index (χ1v) is 8.05. The molecule has 1 N–H and O–H groups in total. The molecule has 2 aromatic rings. The average Bonchev–Trinajstić information content (AvgIpc) is 2.62. The predicted octanol–water partition coefficient (Wildman–Crippen LogP) is 2.68. The van der Waals surface area contributed by atoms with E-state index in [1.807, 2.05) is 18.2 Å². The van der Waals surface area contributed by atoms with Gasteiger partial charge in [-0.15, -0.1) is 0 Å². The summed E-state index contributed by atoms with van der Waals surface area (Å²) in [6.45, 7) is 2.74. The Hall–Kier alpha value is -3.02. The Morgan fingerprint density at radius 2 is 1.96 bits per heavy atom. The highest BCUT2D eigenvalue weighted by Gasteiger charge is 2.05. The second kappa shape index (κ2) is 9.32. The van der Waals surface area contributed by atoms with E-state index < -0.39 is 5.97 Å². The van der Waals surface area contributed by atoms with Gasteiger partial charge >= 0.3 is 0 Å². The molecule has 0 spiro atoms. The molecule has 0 radical (unpaired) electrons. The average molecular weight is 341 g/mol. The summed E-state index contributed by atoms with van der Waals surface area (Å²) in [7, 11) is 1.60. The fourth-order valence-corrected chi connectivity index (χ4v) is 2.08. The normalized spacial score (nSPS) is 10.6. The van der Waals surface area contributed by atoms with Gasteiger partial charge in [0.05, 0.1) is 31.6 Å². The second-order valence-corrected chi connectivity index (χ2v) is 5.35. The Labute approximate surface area is 147 Å². The topological polar surface area (TPSA) is 83.0 Å². The van der Waals surface area contributed by atoms with Gasteiger partial charge in [0, 0.05) is 0 Å². The van der Waals surface area contributed by atoms with E-state index in [0.29, 0.717) is 23.8 Å². The number of aromatic carboxylic acids is 1. The van der Waals surface area contributed by atoms with Crippen molar-refractivity contribution >= 4 is 17.9 Å². The molecule has 2 rings (SSSR count). The third kappa shape index (κ3) is 5.53. The minimum atomic E-state index is -1.20. The molecule has 2 aromatic carbocycles. The van der Waals surface area contributed by atoms with Crippen LogP contribution in [0.25, 0.3) is 0 Å². The fourth-order valence-electron chi connectivity index (χ4n) is 2.08. The summed E-state index contributed by atoms with van der Waals surface area (Å²) in [6.07, 6.45) is 3.69. The van der Waals surface area contributed by atoms with Crippen molar-refractivity contribution in [3.63, 3.8) is 0 Å². The third-order valence-electron chi connectivity index (χ3n) is 3.47. The Kier molecular flexibility index (Phi) is 6.83. The van der Waals surface area contributed by atoms with E-state index in [9.17, 15) is 9.90 Å². The number of hydrogen-bond acceptors (Lipinski definition) is 6. The summed E-state index contributed by atoms with van der Waals surface area (Å²) in [6, 6.07) is 11.7. The number of nitrogens with one attached hydrogen (secondary N) is 1. The summed E-state index contributed by atoms with van der Waals surface area (Å²) < 4.78 is 11.0. The first-order chi connectivity index (χ1) is 12.1. The summed E-state index contributed by atoms with van der Waals surface area (Å²) in [5.74, 6) is 0.154. The largest absolute Gasteiger partial charge is 0.545 e. The number of unbranched alkanes of at least 4 members (excludes halogenated alkanes) is 1. The molecule has 0 aromatic heterocycles. The molecule has 132 valence electrons. The van der Waals surface area contributed by atoms with Gasteiger partial charge in [0.15, 0.2) is 11.5 Å². The minimum absolute atomic E-state index is 0.124. The molecule has 0 aliphatic heterocycles. The number of hydrazone groups is 1. The van der Waals surface area contributed by atoms with E-state index in [0.717, 1.165) is 18.4 Å². The predicted molar refractivity (Wildman–Crippen MR) is 95.4 cm³/mol. The SMILES string of the molecule is CCCCOc1cc(/C=N\Nc2ccc(C(=O)[O-])cc2)ccc1OC. The first-order valence-electron chi connectivity index (χ1n) is 8.05. The molecule has 6 nitrogen and oxygen atoms in total. The van der Waals surface area contributed by atoms with Crippen molar-refractivity contribution < 1.29 is 19.4 Å². The van der Waals surface area contributed by atoms with Crippen LogP contribution in [0.5, 0.6) is 11.5 Å². The van der Waals surface area contributed by atoms with Crippen molar-refractivity contribution in [3.8, 4) is 11.5 Å². The van der Waals surface area contributed by atoms with Gasteiger partial charge in [0.25, 0.3) is 0 Å². The Morgan fingerprint density at radius 1 is 1.20 bits per heavy atom. The van der Waals surface area contributed by atoms with E-state index in [-0.39, 0.29) is 5.56 Å². The number of carboxylic acid groups (broad SMARTS) is 1. The summed E-state index contributed by atoms with van der Waals surface area (Å²) in [5, 5.41) is 14.9. The Balaban J connectivity index is 2.02. The maximum atomic E-state index is 10.7. The highest BCUT2D eigenvalue weighted by molar-refractivity contribution is 5.86. The number of rotatable bonds is 9. The van der Waals surface area contributed by atoms with Crippen LogP contribution in [0.2, 0.25) is 0 Å². The highest BCUT2D eigenvalue weighted by atomic mass is 16.5. The Morgan fingerprint density at radius 3 is 2.60 bits per heavy atom. The summed E-state index contributed by atoms with van der Waals surface area (Å²) in [4.78, 5) is 10.7. The molecule has 0 atom stereocenters. The van der Waals surface area contributed by atoms with Crippen LogP contribution in [0.3, 0.4) is 0 Å². The maximum absolute atomic E-state index is 10.7. The molecule has 0 saturated heterocycles. The summed E-state index contributed by atoms with van der Waals surface area (Å²) >= 11 is 0. The molecule has 0 aliphatic carbocycles. The smallest absolute Gasteiger partial charge is 0.161 e. The Bertz CT molecular complexity index is 727. The van der Waals surface area contributed by atoms with Crippen LogP contribution in [0, 0.1) is 0 Å². The lowest BCUT2D eigenvalue weighted by Crippen LogP contribution is -2.21. The summed E-state index contributed by atoms with van der Waals surface area (Å²) in [5.41, 5.74) is 4.50. The standard InChI is InChI=1S/C19H22N2O4/c1-3-4-11-25-18-12-14(5-10-17(18)24-2)13-20-21-16-8-6-15(7-9-16)19(22)23/h5-10,12-13,21H,3-4,11H2,1-2H3,(H,22,23)/p-1/b20-13-. The molecular formula is C19H21N2O4-. The van der Waals surface area contributed by atoms with Crippen LogP contribution >= 0.6 is 0 Å². The molecule has 0 aliphatic rings. The van der Waals surface area contributed by atoms with E-state index in [1.165, 1.54) is 12.1 Å². The molecule has 0 amide bonds. The molecule has 0 bridgehead atoms. The van der Waals surface area contributed by atoms with E-state index in [4.69, 9.17) is 9.47 Å². The number of methoxy groups -OCH3 is 1. The number of hydrogen-bond donors (Lipinski definition) is 1. The minimum Gasteiger partial charge on any atom is -0.545 e. The molecular weight excluding hydrogens is 320 g/mol. The zero-order valence-electron chi connectivity index (χ0n) is 14.3. The lowest BCUT2D eigenvalue weighted by molar-refractivity contribution is -0.255. The molecule has 0 fully saturated rings. The highest BCUT2D eigenvalue weighted by Crippen LogP contribution is 2.27. The maximum Gasteiger partial charge on any atom is 0.161 e. The lowest BCUT2D eigenvalue weighted by Gasteiger charge is -2.11. The number of carbonyl (C=O) groups is 1. The van der Waals surface area contributed by atoms with Crippen molar-refractivity contribution in [2.75, 3.05) is 19.1 Å². The van der Waals surface area contributed by atoms with Crippen molar-refractivity contribution in [2.45, 2.75) is 19.8 Å². The lowest BCUT2D eigenvalue weighted by atomic mass is 10.2. The number of anilines is 1. The molecule has 25 heavy (non-hydrogen) atoms. The van der Waals surface area contributed by atoms with Gasteiger partial charge in [-0.3, -0.25) is 5.43 Å². The first kappa shape index (κ1) is 18.3. The van der Waals surface area contributed by atoms with Crippen LogP contribution < -0.4 is 20.0 Å². The van der Waals surface area contributed by atoms with Crippen LogP contribution in [-0.2, 0) is 0 Å². The molecule has 0 saturated carbocycles. The van der Waals surface area contributed by atoms with Crippen LogP contribution in [0.1, 0.15) is 35.7 Å². The number of benzene rings is 2. The third-order valence-corrected chi connectivity index (χ3v) is 3.47. The molecule has 0 unspecified atom stereocenters. The van der Waals surface area contributed by atoms with E-state index in [1.54, 1.807) is 25.5 Å². The quantitative estimate of drug-likeness (QED) is 0.431. The van der Waals surface area contributed by atoms with E-state index in [2.05, 4.69) is 17.5 Å². The van der Waals surface area contributed by atoms with Crippen molar-refractivity contribution in [1.29, 1.82) is 0 Å². The fraction of sp³-hybridized carbons (Fsp3) is 0.263. The van der Waals surface area contributed by atoms with Crippen LogP contribution in [0.15, 0.2) is 47.6 Å². The van der Waals surface area contributed by atoms with Crippen molar-refractivity contribution in [3.05, 3.63) is 53.6 Å². The molecule has 0 heterocycles. The number of nitrogens with zero attached hydrogens (tertiary/aromatic N) is 1. The van der Waals surface area contributed by atoms with Gasteiger partial charge in [0.1, 0.15) is 0 Å². The monoisotopic (exact) mass is 341 g/mol. The van der Waals surface area contributed by atoms with Gasteiger partial charge in [-0.2, -0.15) is 5.10 Å². The number of carboxylic acids is 1. The van der Waals surface area contributed by atoms with Crippen LogP contribution in [0.4, 0.5) is 5.69 Å². The molecule has 6 heteroatoms. The van der Waals surface area contributed by atoms with Gasteiger partial charge in [-0.1, -0.05) is 25.5 Å². The van der Waals surface area contributed by atoms with Gasteiger partial charge < -0.3 is 19.4 Å². The second-order valence-electron chi connectivity index (χ2n) is 5.35. The zero-order valence-corrected chi connectivity index (χ0v) is 14.3. The van der Waals surface area contributed by atoms with Crippen LogP contribution in [-0.4, -0.2) is 25.9 Å². The van der Waals surface area contributed by atoms with Gasteiger partial charge in [0.2, 0.25) is 0 Å². The number of carbonyl (C=O) groups excluding carboxylic acids is 1.